The lowest BCUT2D eigenvalue weighted by Crippen LogP contribution is -2.27. The molecule has 0 aliphatic carbocycles. The predicted molar refractivity (Wildman–Crippen MR) is 71.3 cm³/mol. The third-order valence-electron chi connectivity index (χ3n) is 2.80. The van der Waals surface area contributed by atoms with Gasteiger partial charge in [-0.1, -0.05) is 0 Å². The number of nitrogens with zero attached hydrogens (tertiary/aromatic N) is 2. The second-order valence-electron chi connectivity index (χ2n) is 4.09. The molecule has 98 valence electrons. The highest BCUT2D eigenvalue weighted by Gasteiger charge is 2.15. The van der Waals surface area contributed by atoms with E-state index in [1.807, 2.05) is 0 Å². The average molecular weight is 259 g/mol. The van der Waals surface area contributed by atoms with Gasteiger partial charge in [-0.05, 0) is 42.0 Å². The summed E-state index contributed by atoms with van der Waals surface area (Å²) in [6.45, 7) is 0.350. The van der Waals surface area contributed by atoms with Crippen molar-refractivity contribution in [2.24, 2.45) is 5.73 Å². The van der Waals surface area contributed by atoms with Gasteiger partial charge in [-0.15, -0.1) is 0 Å². The van der Waals surface area contributed by atoms with E-state index in [-0.39, 0.29) is 11.7 Å². The van der Waals surface area contributed by atoms with Gasteiger partial charge in [-0.2, -0.15) is 0 Å². The molecule has 0 atom stereocenters. The minimum atomic E-state index is -0.340. The summed E-state index contributed by atoms with van der Waals surface area (Å²) >= 11 is 0. The van der Waals surface area contributed by atoms with Gasteiger partial charge >= 0.3 is 0 Å². The number of anilines is 1. The number of carbonyl (C=O) groups excluding carboxylic acids is 1. The number of halogens is 1. The molecule has 0 saturated carbocycles. The van der Waals surface area contributed by atoms with Crippen molar-refractivity contribution in [1.29, 1.82) is 0 Å². The van der Waals surface area contributed by atoms with Gasteiger partial charge in [-0.3, -0.25) is 9.78 Å². The summed E-state index contributed by atoms with van der Waals surface area (Å²) < 4.78 is 12.8. The van der Waals surface area contributed by atoms with Crippen LogP contribution in [0.25, 0.3) is 0 Å². The second kappa shape index (κ2) is 5.58. The number of pyridine rings is 1. The molecule has 0 bridgehead atoms. The van der Waals surface area contributed by atoms with Crippen LogP contribution >= 0.6 is 0 Å². The monoisotopic (exact) mass is 259 g/mol. The zero-order chi connectivity index (χ0) is 13.8. The number of hydrogen-bond acceptors (Lipinski definition) is 3. The number of nitrogens with two attached hydrogens (primary N) is 1. The number of benzene rings is 1. The molecule has 5 heteroatoms. The van der Waals surface area contributed by atoms with Gasteiger partial charge in [0, 0.05) is 25.5 Å². The molecule has 19 heavy (non-hydrogen) atoms. The van der Waals surface area contributed by atoms with Crippen molar-refractivity contribution in [2.75, 3.05) is 11.9 Å². The van der Waals surface area contributed by atoms with E-state index < -0.39 is 0 Å². The number of rotatable bonds is 3. The van der Waals surface area contributed by atoms with Crippen molar-refractivity contribution in [3.8, 4) is 0 Å². The molecule has 2 N–H and O–H groups in total. The molecule has 0 aliphatic rings. The fraction of sp³-hybridized carbons (Fsp3) is 0.143. The maximum Gasteiger partial charge on any atom is 0.276 e. The summed E-state index contributed by atoms with van der Waals surface area (Å²) in [5.41, 5.74) is 7.28. The van der Waals surface area contributed by atoms with Crippen LogP contribution in [0, 0.1) is 5.82 Å². The molecule has 1 amide bonds. The second-order valence-corrected chi connectivity index (χ2v) is 4.09. The van der Waals surface area contributed by atoms with Crippen LogP contribution < -0.4 is 10.6 Å². The molecule has 1 aromatic heterocycles. The van der Waals surface area contributed by atoms with Crippen molar-refractivity contribution in [3.63, 3.8) is 0 Å². The maximum atomic E-state index is 12.8. The fourth-order valence-corrected chi connectivity index (χ4v) is 1.67. The van der Waals surface area contributed by atoms with E-state index in [0.717, 1.165) is 5.56 Å². The zero-order valence-electron chi connectivity index (χ0n) is 10.5. The van der Waals surface area contributed by atoms with Crippen LogP contribution in [-0.2, 0) is 6.54 Å². The van der Waals surface area contributed by atoms with Crippen molar-refractivity contribution < 1.29 is 9.18 Å². The SMILES string of the molecule is CN(C(=O)c1cc(CN)ccn1)c1ccc(F)cc1. The van der Waals surface area contributed by atoms with E-state index in [1.54, 1.807) is 37.5 Å². The van der Waals surface area contributed by atoms with Crippen LogP contribution in [0.5, 0.6) is 0 Å². The van der Waals surface area contributed by atoms with Gasteiger partial charge in [0.05, 0.1) is 0 Å². The zero-order valence-corrected chi connectivity index (χ0v) is 10.5. The van der Waals surface area contributed by atoms with Crippen molar-refractivity contribution in [3.05, 3.63) is 59.7 Å². The van der Waals surface area contributed by atoms with Gasteiger partial charge in [0.25, 0.3) is 5.91 Å². The molecule has 2 rings (SSSR count). The standard InChI is InChI=1S/C14H14FN3O/c1-18(12-4-2-11(15)3-5-12)14(19)13-8-10(9-16)6-7-17-13/h2-8H,9,16H2,1H3. The Morgan fingerprint density at radius 3 is 2.63 bits per heavy atom. The maximum absolute atomic E-state index is 12.8. The van der Waals surface area contributed by atoms with Crippen LogP contribution in [-0.4, -0.2) is 17.9 Å². The third kappa shape index (κ3) is 2.95. The van der Waals surface area contributed by atoms with Crippen molar-refractivity contribution in [1.82, 2.24) is 4.98 Å². The van der Waals surface area contributed by atoms with E-state index in [2.05, 4.69) is 4.98 Å². The minimum absolute atomic E-state index is 0.262. The van der Waals surface area contributed by atoms with E-state index >= 15 is 0 Å². The molecule has 1 aromatic carbocycles. The van der Waals surface area contributed by atoms with E-state index in [4.69, 9.17) is 5.73 Å². The number of aromatic nitrogens is 1. The molecule has 2 aromatic rings. The molecule has 4 nitrogen and oxygen atoms in total. The first kappa shape index (κ1) is 13.2. The van der Waals surface area contributed by atoms with Gasteiger partial charge in [0.1, 0.15) is 11.5 Å². The quantitative estimate of drug-likeness (QED) is 0.916. The Morgan fingerprint density at radius 1 is 1.32 bits per heavy atom. The van der Waals surface area contributed by atoms with Crippen LogP contribution in [0.3, 0.4) is 0 Å². The van der Waals surface area contributed by atoms with Crippen LogP contribution in [0.1, 0.15) is 16.1 Å². The van der Waals surface area contributed by atoms with Crippen LogP contribution in [0.15, 0.2) is 42.6 Å². The lowest BCUT2D eigenvalue weighted by molar-refractivity contribution is 0.0988. The smallest absolute Gasteiger partial charge is 0.276 e. The summed E-state index contributed by atoms with van der Waals surface area (Å²) in [5, 5.41) is 0. The highest BCUT2D eigenvalue weighted by molar-refractivity contribution is 6.04. The molecule has 0 radical (unpaired) electrons. The molecule has 0 aliphatic heterocycles. The van der Waals surface area contributed by atoms with Gasteiger partial charge in [0.2, 0.25) is 0 Å². The van der Waals surface area contributed by atoms with E-state index in [9.17, 15) is 9.18 Å². The largest absolute Gasteiger partial charge is 0.326 e. The third-order valence-corrected chi connectivity index (χ3v) is 2.80. The lowest BCUT2D eigenvalue weighted by atomic mass is 10.2. The first-order chi connectivity index (χ1) is 9.11. The minimum Gasteiger partial charge on any atom is -0.326 e. The van der Waals surface area contributed by atoms with Gasteiger partial charge in [-0.25, -0.2) is 4.39 Å². The predicted octanol–water partition coefficient (Wildman–Crippen LogP) is 1.96. The number of amides is 1. The summed E-state index contributed by atoms with van der Waals surface area (Å²) in [5.74, 6) is -0.602. The van der Waals surface area contributed by atoms with Gasteiger partial charge < -0.3 is 10.6 Å². The Kier molecular flexibility index (Phi) is 3.87. The first-order valence-electron chi connectivity index (χ1n) is 5.80. The normalized spacial score (nSPS) is 10.3. The Morgan fingerprint density at radius 2 is 2.00 bits per heavy atom. The summed E-state index contributed by atoms with van der Waals surface area (Å²) in [6, 6.07) is 9.11. The Balaban J connectivity index is 2.25. The Labute approximate surface area is 110 Å². The lowest BCUT2D eigenvalue weighted by Gasteiger charge is -2.17. The van der Waals surface area contributed by atoms with E-state index in [0.29, 0.717) is 17.9 Å². The van der Waals surface area contributed by atoms with E-state index in [1.165, 1.54) is 17.0 Å². The topological polar surface area (TPSA) is 59.2 Å². The van der Waals surface area contributed by atoms with Crippen LogP contribution in [0.2, 0.25) is 0 Å². The molecule has 0 saturated heterocycles. The molecule has 0 spiro atoms. The molecular formula is C14H14FN3O. The molecule has 0 fully saturated rings. The van der Waals surface area contributed by atoms with Crippen molar-refractivity contribution >= 4 is 11.6 Å². The molecule has 0 unspecified atom stereocenters. The van der Waals surface area contributed by atoms with Crippen LogP contribution in [0.4, 0.5) is 10.1 Å². The average Bonchev–Trinajstić information content (AvgIpc) is 2.46. The molecular weight excluding hydrogens is 245 g/mol. The summed E-state index contributed by atoms with van der Waals surface area (Å²) in [4.78, 5) is 17.7. The molecule has 1 heterocycles. The highest BCUT2D eigenvalue weighted by atomic mass is 19.1. The Hall–Kier alpha value is -2.27. The van der Waals surface area contributed by atoms with Crippen molar-refractivity contribution in [2.45, 2.75) is 6.54 Å². The Bertz CT molecular complexity index is 583. The fourth-order valence-electron chi connectivity index (χ4n) is 1.67. The highest BCUT2D eigenvalue weighted by Crippen LogP contribution is 2.15. The summed E-state index contributed by atoms with van der Waals surface area (Å²) in [6.07, 6.45) is 1.55. The number of hydrogen-bond donors (Lipinski definition) is 1. The summed E-state index contributed by atoms with van der Waals surface area (Å²) in [7, 11) is 1.62. The first-order valence-corrected chi connectivity index (χ1v) is 5.80. The van der Waals surface area contributed by atoms with Gasteiger partial charge in [0.15, 0.2) is 0 Å². The number of carbonyl (C=O) groups is 1.